The largest absolute Gasteiger partial charge is 0.477 e. The van der Waals surface area contributed by atoms with Crippen molar-refractivity contribution in [3.05, 3.63) is 10.6 Å². The minimum Gasteiger partial charge on any atom is -0.477 e. The standard InChI is InChI=1S/C12H18N2O3S/c1-3-8-4-5-14(6-8)12-13-9(7-17-2)10(18-12)11(15)16/h8H,3-7H2,1-2H3,(H,15,16). The predicted molar refractivity (Wildman–Crippen MR) is 70.4 cm³/mol. The lowest BCUT2D eigenvalue weighted by Gasteiger charge is -2.13. The van der Waals surface area contributed by atoms with E-state index in [1.54, 1.807) is 7.11 Å². The van der Waals surface area contributed by atoms with Crippen molar-refractivity contribution in [2.45, 2.75) is 26.4 Å². The first kappa shape index (κ1) is 13.3. The van der Waals surface area contributed by atoms with Gasteiger partial charge in [0.1, 0.15) is 4.88 Å². The minimum absolute atomic E-state index is 0.253. The molecule has 0 saturated carbocycles. The monoisotopic (exact) mass is 270 g/mol. The molecular formula is C12H18N2O3S. The lowest BCUT2D eigenvalue weighted by molar-refractivity contribution is 0.0697. The summed E-state index contributed by atoms with van der Waals surface area (Å²) < 4.78 is 5.00. The number of aromatic carboxylic acids is 1. The number of ether oxygens (including phenoxy) is 1. The van der Waals surface area contributed by atoms with Gasteiger partial charge in [-0.1, -0.05) is 24.7 Å². The summed E-state index contributed by atoms with van der Waals surface area (Å²) in [7, 11) is 1.55. The van der Waals surface area contributed by atoms with Crippen molar-refractivity contribution in [1.82, 2.24) is 4.98 Å². The summed E-state index contributed by atoms with van der Waals surface area (Å²) in [5.41, 5.74) is 0.532. The van der Waals surface area contributed by atoms with Gasteiger partial charge in [-0.3, -0.25) is 0 Å². The van der Waals surface area contributed by atoms with Crippen LogP contribution in [0.5, 0.6) is 0 Å². The van der Waals surface area contributed by atoms with Gasteiger partial charge in [0, 0.05) is 20.2 Å². The van der Waals surface area contributed by atoms with E-state index in [2.05, 4.69) is 16.8 Å². The molecule has 0 spiro atoms. The third-order valence-electron chi connectivity index (χ3n) is 3.30. The summed E-state index contributed by atoms with van der Waals surface area (Å²) in [5.74, 6) is -0.218. The maximum atomic E-state index is 11.1. The molecule has 0 amide bonds. The highest BCUT2D eigenvalue weighted by Crippen LogP contribution is 2.31. The highest BCUT2D eigenvalue weighted by Gasteiger charge is 2.26. The van der Waals surface area contributed by atoms with E-state index < -0.39 is 5.97 Å². The fraction of sp³-hybridized carbons (Fsp3) is 0.667. The third kappa shape index (κ3) is 2.64. The molecule has 1 aliphatic rings. The number of rotatable bonds is 5. The van der Waals surface area contributed by atoms with E-state index in [0.29, 0.717) is 16.5 Å². The van der Waals surface area contributed by atoms with Gasteiger partial charge in [-0.25, -0.2) is 9.78 Å². The van der Waals surface area contributed by atoms with E-state index >= 15 is 0 Å². The number of thiazole rings is 1. The van der Waals surface area contributed by atoms with Crippen LogP contribution in [-0.2, 0) is 11.3 Å². The first-order valence-electron chi connectivity index (χ1n) is 6.12. The Kier molecular flexibility index (Phi) is 4.19. The van der Waals surface area contributed by atoms with E-state index in [1.165, 1.54) is 17.8 Å². The number of hydrogen-bond acceptors (Lipinski definition) is 5. The second kappa shape index (κ2) is 5.67. The number of hydrogen-bond donors (Lipinski definition) is 1. The fourth-order valence-corrected chi connectivity index (χ4v) is 3.16. The average Bonchev–Trinajstić information content (AvgIpc) is 2.94. The molecule has 1 aliphatic heterocycles. The molecule has 1 N–H and O–H groups in total. The quantitative estimate of drug-likeness (QED) is 0.889. The number of carboxylic acid groups (broad SMARTS) is 1. The lowest BCUT2D eigenvalue weighted by atomic mass is 10.1. The molecule has 2 heterocycles. The molecule has 1 saturated heterocycles. The third-order valence-corrected chi connectivity index (χ3v) is 4.44. The molecule has 6 heteroatoms. The van der Waals surface area contributed by atoms with Crippen LogP contribution in [0.4, 0.5) is 5.13 Å². The Bertz CT molecular complexity index is 433. The number of nitrogens with zero attached hydrogens (tertiary/aromatic N) is 2. The van der Waals surface area contributed by atoms with Crippen molar-refractivity contribution >= 4 is 22.4 Å². The van der Waals surface area contributed by atoms with Gasteiger partial charge < -0.3 is 14.7 Å². The summed E-state index contributed by atoms with van der Waals surface area (Å²) in [6, 6.07) is 0. The maximum Gasteiger partial charge on any atom is 0.347 e. The molecule has 1 unspecified atom stereocenters. The van der Waals surface area contributed by atoms with Crippen LogP contribution in [0.1, 0.15) is 35.1 Å². The Morgan fingerprint density at radius 3 is 3.00 bits per heavy atom. The molecule has 2 rings (SSSR count). The first-order valence-corrected chi connectivity index (χ1v) is 6.94. The number of aromatic nitrogens is 1. The van der Waals surface area contributed by atoms with Gasteiger partial charge >= 0.3 is 5.97 Å². The number of carboxylic acids is 1. The molecule has 0 bridgehead atoms. The highest BCUT2D eigenvalue weighted by molar-refractivity contribution is 7.17. The van der Waals surface area contributed by atoms with Gasteiger partial charge in [0.25, 0.3) is 0 Å². The van der Waals surface area contributed by atoms with Gasteiger partial charge in [0.05, 0.1) is 12.3 Å². The first-order chi connectivity index (χ1) is 8.65. The zero-order valence-corrected chi connectivity index (χ0v) is 11.5. The Balaban J connectivity index is 2.19. The normalized spacial score (nSPS) is 19.4. The van der Waals surface area contributed by atoms with Crippen molar-refractivity contribution in [2.24, 2.45) is 5.92 Å². The molecule has 0 aromatic carbocycles. The summed E-state index contributed by atoms with van der Waals surface area (Å²) in [6.45, 7) is 4.39. The Morgan fingerprint density at radius 1 is 1.67 bits per heavy atom. The van der Waals surface area contributed by atoms with Crippen molar-refractivity contribution < 1.29 is 14.6 Å². The summed E-state index contributed by atoms with van der Waals surface area (Å²) in [5, 5.41) is 9.96. The van der Waals surface area contributed by atoms with Crippen LogP contribution in [0.3, 0.4) is 0 Å². The van der Waals surface area contributed by atoms with Crippen molar-refractivity contribution in [3.8, 4) is 0 Å². The van der Waals surface area contributed by atoms with Crippen LogP contribution >= 0.6 is 11.3 Å². The highest BCUT2D eigenvalue weighted by atomic mass is 32.1. The summed E-state index contributed by atoms with van der Waals surface area (Å²) in [6.07, 6.45) is 2.33. The second-order valence-corrected chi connectivity index (χ2v) is 5.50. The molecule has 1 fully saturated rings. The molecule has 0 radical (unpaired) electrons. The van der Waals surface area contributed by atoms with Gasteiger partial charge in [-0.05, 0) is 12.3 Å². The van der Waals surface area contributed by atoms with Crippen LogP contribution < -0.4 is 4.90 Å². The van der Waals surface area contributed by atoms with Gasteiger partial charge in [0.15, 0.2) is 5.13 Å². The van der Waals surface area contributed by atoms with E-state index in [4.69, 9.17) is 9.84 Å². The van der Waals surface area contributed by atoms with Crippen LogP contribution in [0.2, 0.25) is 0 Å². The van der Waals surface area contributed by atoms with Crippen LogP contribution in [0.25, 0.3) is 0 Å². The van der Waals surface area contributed by atoms with E-state index in [0.717, 1.165) is 24.6 Å². The smallest absolute Gasteiger partial charge is 0.347 e. The van der Waals surface area contributed by atoms with Crippen LogP contribution in [0.15, 0.2) is 0 Å². The van der Waals surface area contributed by atoms with Crippen molar-refractivity contribution in [2.75, 3.05) is 25.1 Å². The molecule has 0 aliphatic carbocycles. The molecule has 1 atom stereocenters. The second-order valence-electron chi connectivity index (χ2n) is 4.52. The van der Waals surface area contributed by atoms with E-state index in [9.17, 15) is 4.79 Å². The molecule has 1 aromatic rings. The van der Waals surface area contributed by atoms with Crippen molar-refractivity contribution in [3.63, 3.8) is 0 Å². The Morgan fingerprint density at radius 2 is 2.44 bits per heavy atom. The molecule has 100 valence electrons. The Labute approximate surface area is 110 Å². The molecular weight excluding hydrogens is 252 g/mol. The van der Waals surface area contributed by atoms with Gasteiger partial charge in [-0.15, -0.1) is 0 Å². The predicted octanol–water partition coefficient (Wildman–Crippen LogP) is 2.22. The lowest BCUT2D eigenvalue weighted by Crippen LogP contribution is -2.19. The number of methoxy groups -OCH3 is 1. The Hall–Kier alpha value is -1.14. The topological polar surface area (TPSA) is 62.7 Å². The SMILES string of the molecule is CCC1CCN(c2nc(COC)c(C(=O)O)s2)C1. The van der Waals surface area contributed by atoms with Crippen LogP contribution in [0, 0.1) is 5.92 Å². The van der Waals surface area contributed by atoms with Gasteiger partial charge in [-0.2, -0.15) is 0 Å². The minimum atomic E-state index is -0.919. The molecule has 1 aromatic heterocycles. The summed E-state index contributed by atoms with van der Waals surface area (Å²) in [4.78, 5) is 18.0. The number of carbonyl (C=O) groups is 1. The summed E-state index contributed by atoms with van der Waals surface area (Å²) >= 11 is 1.25. The maximum absolute atomic E-state index is 11.1. The fourth-order valence-electron chi connectivity index (χ4n) is 2.22. The average molecular weight is 270 g/mol. The number of anilines is 1. The van der Waals surface area contributed by atoms with E-state index in [-0.39, 0.29) is 6.61 Å². The van der Waals surface area contributed by atoms with Crippen LogP contribution in [-0.4, -0.2) is 36.3 Å². The zero-order chi connectivity index (χ0) is 13.1. The van der Waals surface area contributed by atoms with Crippen molar-refractivity contribution in [1.29, 1.82) is 0 Å². The van der Waals surface area contributed by atoms with Gasteiger partial charge in [0.2, 0.25) is 0 Å². The molecule has 18 heavy (non-hydrogen) atoms. The molecule has 5 nitrogen and oxygen atoms in total. The zero-order valence-electron chi connectivity index (χ0n) is 10.7. The van der Waals surface area contributed by atoms with E-state index in [1.807, 2.05) is 0 Å².